The molecule has 202 valence electrons. The Morgan fingerprint density at radius 1 is 0.947 bits per heavy atom. The quantitative estimate of drug-likeness (QED) is 0.327. The minimum Gasteiger partial charge on any atom is -0.496 e. The summed E-state index contributed by atoms with van der Waals surface area (Å²) in [5.41, 5.74) is 3.29. The molecule has 0 radical (unpaired) electrons. The largest absolute Gasteiger partial charge is 0.496 e. The first-order valence-corrected chi connectivity index (χ1v) is 13.7. The van der Waals surface area contributed by atoms with Crippen LogP contribution in [0.3, 0.4) is 0 Å². The molecule has 1 aromatic heterocycles. The molecule has 2 aromatic carbocycles. The third kappa shape index (κ3) is 5.58. The van der Waals surface area contributed by atoms with Crippen LogP contribution < -0.4 is 14.2 Å². The Kier molecular flexibility index (Phi) is 8.32. The lowest BCUT2D eigenvalue weighted by Gasteiger charge is -2.28. The molecule has 5 rings (SSSR count). The Morgan fingerprint density at radius 3 is 2.39 bits per heavy atom. The molecule has 1 saturated carbocycles. The van der Waals surface area contributed by atoms with E-state index in [1.807, 2.05) is 41.3 Å². The molecule has 1 unspecified atom stereocenters. The maximum absolute atomic E-state index is 13.7. The van der Waals surface area contributed by atoms with Crippen molar-refractivity contribution >= 4 is 16.8 Å². The number of rotatable bonds is 10. The molecule has 2 heterocycles. The lowest BCUT2D eigenvalue weighted by atomic mass is 9.99. The number of fused-ring (bicyclic) bond motifs is 1. The van der Waals surface area contributed by atoms with Crippen LogP contribution in [0.1, 0.15) is 50.5 Å². The summed E-state index contributed by atoms with van der Waals surface area (Å²) in [5.74, 6) is 2.77. The summed E-state index contributed by atoms with van der Waals surface area (Å²) < 4.78 is 23.1. The Labute approximate surface area is 225 Å². The average molecular weight is 519 g/mol. The van der Waals surface area contributed by atoms with Crippen molar-refractivity contribution in [1.29, 1.82) is 0 Å². The van der Waals surface area contributed by atoms with Crippen LogP contribution in [0, 0.1) is 5.92 Å². The van der Waals surface area contributed by atoms with Gasteiger partial charge in [-0.25, -0.2) is 4.98 Å². The Morgan fingerprint density at radius 2 is 1.68 bits per heavy atom. The molecule has 0 bridgehead atoms. The van der Waals surface area contributed by atoms with E-state index >= 15 is 0 Å². The van der Waals surface area contributed by atoms with Gasteiger partial charge in [0.2, 0.25) is 5.91 Å². The maximum atomic E-state index is 13.7. The van der Waals surface area contributed by atoms with Gasteiger partial charge < -0.3 is 23.8 Å². The van der Waals surface area contributed by atoms with Crippen molar-refractivity contribution in [1.82, 2.24) is 9.88 Å². The van der Waals surface area contributed by atoms with Crippen LogP contribution in [0.5, 0.6) is 17.2 Å². The van der Waals surface area contributed by atoms with Crippen LogP contribution >= 0.6 is 0 Å². The molecular formula is C31H38N2O5. The summed E-state index contributed by atoms with van der Waals surface area (Å²) in [7, 11) is 4.96. The van der Waals surface area contributed by atoms with Crippen LogP contribution in [0.4, 0.5) is 0 Å². The van der Waals surface area contributed by atoms with Crippen LogP contribution in [0.25, 0.3) is 22.2 Å². The van der Waals surface area contributed by atoms with Crippen LogP contribution in [0.2, 0.25) is 0 Å². The second kappa shape index (κ2) is 12.0. The number of aromatic nitrogens is 1. The van der Waals surface area contributed by atoms with Gasteiger partial charge in [0, 0.05) is 37.1 Å². The van der Waals surface area contributed by atoms with E-state index < -0.39 is 0 Å². The van der Waals surface area contributed by atoms with E-state index in [1.165, 1.54) is 12.8 Å². The summed E-state index contributed by atoms with van der Waals surface area (Å²) in [5, 5.41) is 0.848. The molecule has 7 nitrogen and oxygen atoms in total. The molecule has 1 aliphatic carbocycles. The molecule has 3 aromatic rings. The summed E-state index contributed by atoms with van der Waals surface area (Å²) in [4.78, 5) is 20.8. The number of pyridine rings is 1. The molecule has 2 aliphatic rings. The van der Waals surface area contributed by atoms with Crippen LogP contribution in [-0.4, -0.2) is 56.4 Å². The van der Waals surface area contributed by atoms with Gasteiger partial charge in [-0.3, -0.25) is 4.79 Å². The summed E-state index contributed by atoms with van der Waals surface area (Å²) in [6.45, 7) is 1.78. The number of benzene rings is 2. The molecule has 1 atom stereocenters. The number of para-hydroxylation sites is 1. The predicted molar refractivity (Wildman–Crippen MR) is 148 cm³/mol. The molecular weight excluding hydrogens is 480 g/mol. The molecule has 2 fully saturated rings. The number of amides is 1. The summed E-state index contributed by atoms with van der Waals surface area (Å²) >= 11 is 0. The van der Waals surface area contributed by atoms with Crippen molar-refractivity contribution in [3.8, 4) is 28.5 Å². The van der Waals surface area contributed by atoms with E-state index in [-0.39, 0.29) is 12.0 Å². The summed E-state index contributed by atoms with van der Waals surface area (Å²) in [6, 6.07) is 13.7. The Bertz CT molecular complexity index is 1260. The molecule has 38 heavy (non-hydrogen) atoms. The molecule has 1 amide bonds. The van der Waals surface area contributed by atoms with Gasteiger partial charge in [-0.05, 0) is 67.5 Å². The number of carbonyl (C=O) groups is 1. The molecule has 0 spiro atoms. The van der Waals surface area contributed by atoms with E-state index in [0.717, 1.165) is 60.2 Å². The number of nitrogens with zero attached hydrogens (tertiary/aromatic N) is 2. The molecule has 7 heteroatoms. The number of hydrogen-bond donors (Lipinski definition) is 0. The van der Waals surface area contributed by atoms with Crippen molar-refractivity contribution in [2.24, 2.45) is 5.92 Å². The Hall–Kier alpha value is -3.32. The molecule has 0 N–H and O–H groups in total. The topological polar surface area (TPSA) is 70.1 Å². The van der Waals surface area contributed by atoms with Crippen molar-refractivity contribution in [3.63, 3.8) is 0 Å². The first-order valence-electron chi connectivity index (χ1n) is 13.7. The minimum atomic E-state index is 0.0697. The number of hydrogen-bond acceptors (Lipinski definition) is 6. The summed E-state index contributed by atoms with van der Waals surface area (Å²) in [6.07, 6.45) is 7.40. The highest BCUT2D eigenvalue weighted by atomic mass is 16.5. The van der Waals surface area contributed by atoms with Crippen LogP contribution in [0.15, 0.2) is 42.5 Å². The lowest BCUT2D eigenvalue weighted by Crippen LogP contribution is -2.37. The second-order valence-corrected chi connectivity index (χ2v) is 10.3. The number of methoxy groups -OCH3 is 3. The van der Waals surface area contributed by atoms with Gasteiger partial charge in [-0.15, -0.1) is 0 Å². The zero-order valence-electron chi connectivity index (χ0n) is 22.7. The second-order valence-electron chi connectivity index (χ2n) is 10.3. The van der Waals surface area contributed by atoms with Crippen molar-refractivity contribution < 1.29 is 23.7 Å². The van der Waals surface area contributed by atoms with Gasteiger partial charge >= 0.3 is 0 Å². The van der Waals surface area contributed by atoms with Gasteiger partial charge in [0.15, 0.2) is 0 Å². The fourth-order valence-electron chi connectivity index (χ4n) is 5.87. The highest BCUT2D eigenvalue weighted by Crippen LogP contribution is 2.39. The Balaban J connectivity index is 1.61. The van der Waals surface area contributed by atoms with Gasteiger partial charge in [-0.1, -0.05) is 25.0 Å². The van der Waals surface area contributed by atoms with E-state index in [4.69, 9.17) is 23.9 Å². The molecule has 1 saturated heterocycles. The van der Waals surface area contributed by atoms with Crippen molar-refractivity contribution in [2.45, 2.75) is 57.6 Å². The fourth-order valence-corrected chi connectivity index (χ4v) is 5.87. The normalized spacial score (nSPS) is 17.6. The average Bonchev–Trinajstić information content (AvgIpc) is 3.66. The van der Waals surface area contributed by atoms with Gasteiger partial charge in [0.1, 0.15) is 22.8 Å². The van der Waals surface area contributed by atoms with Crippen LogP contribution in [-0.2, 0) is 16.1 Å². The van der Waals surface area contributed by atoms with E-state index in [1.54, 1.807) is 21.3 Å². The zero-order valence-corrected chi connectivity index (χ0v) is 22.7. The van der Waals surface area contributed by atoms with Gasteiger partial charge in [-0.2, -0.15) is 0 Å². The SMILES string of the molecule is COc1ccccc1-c1nc2c(OC)ccc(OC)c2cc1CN(CC1CCCO1)C(=O)CC1CCCC1. The minimum absolute atomic E-state index is 0.0697. The number of carbonyl (C=O) groups excluding carboxylic acids is 1. The van der Waals surface area contributed by atoms with Gasteiger partial charge in [0.05, 0.1) is 33.1 Å². The predicted octanol–water partition coefficient (Wildman–Crippen LogP) is 6.02. The lowest BCUT2D eigenvalue weighted by molar-refractivity contribution is -0.134. The maximum Gasteiger partial charge on any atom is 0.223 e. The third-order valence-corrected chi connectivity index (χ3v) is 7.89. The monoisotopic (exact) mass is 518 g/mol. The standard InChI is InChI=1S/C31H38N2O5/c1-35-26-13-7-6-12-24(26)30-22(18-25-27(36-2)14-15-28(37-3)31(25)32-30)19-33(20-23-11-8-16-38-23)29(34)17-21-9-4-5-10-21/h6-7,12-15,18,21,23H,4-5,8-11,16-17,19-20H2,1-3H3. The van der Waals surface area contributed by atoms with Crippen molar-refractivity contribution in [2.75, 3.05) is 34.5 Å². The highest BCUT2D eigenvalue weighted by Gasteiger charge is 2.28. The van der Waals surface area contributed by atoms with E-state index in [2.05, 4.69) is 6.07 Å². The zero-order chi connectivity index (χ0) is 26.5. The van der Waals surface area contributed by atoms with E-state index in [9.17, 15) is 4.79 Å². The fraction of sp³-hybridized carbons (Fsp3) is 0.484. The number of ether oxygens (including phenoxy) is 4. The highest BCUT2D eigenvalue weighted by molar-refractivity contribution is 5.93. The third-order valence-electron chi connectivity index (χ3n) is 7.89. The van der Waals surface area contributed by atoms with Gasteiger partial charge in [0.25, 0.3) is 0 Å². The van der Waals surface area contributed by atoms with Crippen molar-refractivity contribution in [3.05, 3.63) is 48.0 Å². The van der Waals surface area contributed by atoms with E-state index in [0.29, 0.717) is 42.4 Å². The smallest absolute Gasteiger partial charge is 0.223 e. The first-order chi connectivity index (χ1) is 18.6. The molecule has 1 aliphatic heterocycles. The first kappa shape index (κ1) is 26.3.